The van der Waals surface area contributed by atoms with E-state index in [2.05, 4.69) is 0 Å². The lowest BCUT2D eigenvalue weighted by Crippen LogP contribution is -2.49. The van der Waals surface area contributed by atoms with Gasteiger partial charge in [0.1, 0.15) is 0 Å². The highest BCUT2D eigenvalue weighted by Gasteiger charge is 2.52. The highest BCUT2D eigenvalue weighted by molar-refractivity contribution is 6.00. The Morgan fingerprint density at radius 1 is 1.05 bits per heavy atom. The molecule has 0 radical (unpaired) electrons. The predicted molar refractivity (Wildman–Crippen MR) is 84.2 cm³/mol. The Morgan fingerprint density at radius 3 is 1.86 bits per heavy atom. The fourth-order valence-electron chi connectivity index (χ4n) is 2.65. The molecule has 0 aliphatic rings. The van der Waals surface area contributed by atoms with Crippen LogP contribution in [0.25, 0.3) is 0 Å². The van der Waals surface area contributed by atoms with E-state index in [-0.39, 0.29) is 13.2 Å². The topological polar surface area (TPSA) is 55.8 Å². The van der Waals surface area contributed by atoms with Crippen LogP contribution >= 0.6 is 0 Å². The molecule has 1 aromatic rings. The van der Waals surface area contributed by atoms with Gasteiger partial charge in [0.05, 0.1) is 19.3 Å². The molecule has 0 spiro atoms. The molecule has 1 atom stereocenters. The van der Waals surface area contributed by atoms with Gasteiger partial charge in [-0.2, -0.15) is 0 Å². The molecule has 0 fully saturated rings. The van der Waals surface area contributed by atoms with E-state index < -0.39 is 23.4 Å². The number of benzene rings is 1. The monoisotopic (exact) mass is 307 g/mol. The number of nitrogens with zero attached hydrogens (tertiary/aromatic N) is 1. The van der Waals surface area contributed by atoms with Crippen molar-refractivity contribution in [2.24, 2.45) is 5.41 Å². The number of carbonyl (C=O) groups is 2. The van der Waals surface area contributed by atoms with E-state index in [4.69, 9.17) is 9.47 Å². The van der Waals surface area contributed by atoms with Crippen molar-refractivity contribution in [3.05, 3.63) is 35.9 Å². The average molecular weight is 307 g/mol. The number of carbonyl (C=O) groups excluding carboxylic acids is 2. The summed E-state index contributed by atoms with van der Waals surface area (Å²) in [6.45, 7) is 5.44. The van der Waals surface area contributed by atoms with Gasteiger partial charge in [-0.05, 0) is 40.4 Å². The van der Waals surface area contributed by atoms with Gasteiger partial charge in [0.25, 0.3) is 0 Å². The molecule has 5 heteroatoms. The fraction of sp³-hybridized carbons (Fsp3) is 0.529. The van der Waals surface area contributed by atoms with Crippen molar-refractivity contribution in [1.29, 1.82) is 0 Å². The highest BCUT2D eigenvalue weighted by atomic mass is 16.6. The summed E-state index contributed by atoms with van der Waals surface area (Å²) in [6.07, 6.45) is 0. The minimum atomic E-state index is -1.43. The predicted octanol–water partition coefficient (Wildman–Crippen LogP) is 2.42. The zero-order chi connectivity index (χ0) is 16.8. The molecule has 0 saturated heterocycles. The molecule has 1 aromatic carbocycles. The van der Waals surface area contributed by atoms with E-state index in [1.807, 2.05) is 49.3 Å². The summed E-state index contributed by atoms with van der Waals surface area (Å²) in [5, 5.41) is 0. The van der Waals surface area contributed by atoms with Crippen LogP contribution in [0.15, 0.2) is 30.3 Å². The van der Waals surface area contributed by atoms with Crippen molar-refractivity contribution in [1.82, 2.24) is 4.90 Å². The molecule has 0 heterocycles. The Balaban J connectivity index is 3.38. The molecular weight excluding hydrogens is 282 g/mol. The Morgan fingerprint density at radius 2 is 1.50 bits per heavy atom. The summed E-state index contributed by atoms with van der Waals surface area (Å²) in [4.78, 5) is 26.9. The first kappa shape index (κ1) is 18.2. The van der Waals surface area contributed by atoms with Gasteiger partial charge in [0.15, 0.2) is 5.41 Å². The van der Waals surface area contributed by atoms with Gasteiger partial charge in [-0.3, -0.25) is 9.59 Å². The SMILES string of the molecule is CCOC(=O)C(C)(C(=O)OCC)C(c1ccccc1)N(C)C. The molecule has 0 saturated carbocycles. The largest absolute Gasteiger partial charge is 0.465 e. The molecule has 0 aliphatic carbocycles. The first-order valence-corrected chi connectivity index (χ1v) is 7.45. The smallest absolute Gasteiger partial charge is 0.325 e. The van der Waals surface area contributed by atoms with Crippen molar-refractivity contribution in [3.63, 3.8) is 0 Å². The molecule has 0 aliphatic heterocycles. The molecule has 22 heavy (non-hydrogen) atoms. The second-order valence-corrected chi connectivity index (χ2v) is 5.42. The van der Waals surface area contributed by atoms with Crippen molar-refractivity contribution in [2.45, 2.75) is 26.8 Å². The lowest BCUT2D eigenvalue weighted by atomic mass is 9.77. The first-order chi connectivity index (χ1) is 10.4. The quantitative estimate of drug-likeness (QED) is 0.572. The van der Waals surface area contributed by atoms with E-state index in [9.17, 15) is 9.59 Å². The summed E-state index contributed by atoms with van der Waals surface area (Å²) < 4.78 is 10.3. The average Bonchev–Trinajstić information content (AvgIpc) is 2.48. The number of ether oxygens (including phenoxy) is 2. The van der Waals surface area contributed by atoms with Crippen LogP contribution in [0.1, 0.15) is 32.4 Å². The number of hydrogen-bond acceptors (Lipinski definition) is 5. The minimum absolute atomic E-state index is 0.211. The number of hydrogen-bond donors (Lipinski definition) is 0. The van der Waals surface area contributed by atoms with Gasteiger partial charge in [-0.1, -0.05) is 30.3 Å². The van der Waals surface area contributed by atoms with Gasteiger partial charge in [-0.25, -0.2) is 0 Å². The molecule has 5 nitrogen and oxygen atoms in total. The second kappa shape index (κ2) is 7.94. The highest BCUT2D eigenvalue weighted by Crippen LogP contribution is 2.39. The van der Waals surface area contributed by atoms with Gasteiger partial charge in [-0.15, -0.1) is 0 Å². The molecule has 0 bridgehead atoms. The summed E-state index contributed by atoms with van der Waals surface area (Å²) in [6, 6.07) is 8.95. The third-order valence-corrected chi connectivity index (χ3v) is 3.58. The fourth-order valence-corrected chi connectivity index (χ4v) is 2.65. The van der Waals surface area contributed by atoms with Gasteiger partial charge in [0, 0.05) is 0 Å². The Bertz CT molecular complexity index is 481. The molecule has 1 rings (SSSR count). The Labute approximate surface area is 132 Å². The molecule has 1 unspecified atom stereocenters. The maximum Gasteiger partial charge on any atom is 0.325 e. The standard InChI is InChI=1S/C17H25NO4/c1-6-21-15(19)17(3,16(20)22-7-2)14(18(4)5)13-11-9-8-10-12-13/h8-12,14H,6-7H2,1-5H3. The minimum Gasteiger partial charge on any atom is -0.465 e. The maximum absolute atomic E-state index is 12.6. The van der Waals surface area contributed by atoms with Crippen LogP contribution in [0.2, 0.25) is 0 Å². The molecule has 0 amide bonds. The van der Waals surface area contributed by atoms with Crippen molar-refractivity contribution >= 4 is 11.9 Å². The Hall–Kier alpha value is -1.88. The van der Waals surface area contributed by atoms with E-state index >= 15 is 0 Å². The molecule has 0 N–H and O–H groups in total. The summed E-state index contributed by atoms with van der Waals surface area (Å²) >= 11 is 0. The molecular formula is C17H25NO4. The van der Waals surface area contributed by atoms with Crippen LogP contribution in [-0.2, 0) is 19.1 Å². The van der Waals surface area contributed by atoms with Crippen molar-refractivity contribution in [2.75, 3.05) is 27.3 Å². The normalized spacial score (nSPS) is 12.8. The van der Waals surface area contributed by atoms with Crippen LogP contribution in [0.5, 0.6) is 0 Å². The van der Waals surface area contributed by atoms with E-state index in [1.54, 1.807) is 20.8 Å². The molecule has 122 valence electrons. The third-order valence-electron chi connectivity index (χ3n) is 3.58. The number of rotatable bonds is 7. The van der Waals surface area contributed by atoms with Crippen LogP contribution in [0.4, 0.5) is 0 Å². The van der Waals surface area contributed by atoms with E-state index in [1.165, 1.54) is 0 Å². The van der Waals surface area contributed by atoms with Crippen LogP contribution < -0.4 is 0 Å². The summed E-state index contributed by atoms with van der Waals surface area (Å²) in [5.41, 5.74) is -0.576. The first-order valence-electron chi connectivity index (χ1n) is 7.45. The van der Waals surface area contributed by atoms with Crippen LogP contribution in [0.3, 0.4) is 0 Å². The maximum atomic E-state index is 12.6. The van der Waals surface area contributed by atoms with Crippen molar-refractivity contribution in [3.8, 4) is 0 Å². The van der Waals surface area contributed by atoms with Crippen LogP contribution in [-0.4, -0.2) is 44.1 Å². The zero-order valence-corrected chi connectivity index (χ0v) is 14.0. The second-order valence-electron chi connectivity index (χ2n) is 5.42. The lowest BCUT2D eigenvalue weighted by molar-refractivity contribution is -0.176. The van der Waals surface area contributed by atoms with E-state index in [0.29, 0.717) is 0 Å². The van der Waals surface area contributed by atoms with Gasteiger partial charge >= 0.3 is 11.9 Å². The number of esters is 2. The Kier molecular flexibility index (Phi) is 6.56. The van der Waals surface area contributed by atoms with Crippen LogP contribution in [0, 0.1) is 5.41 Å². The lowest BCUT2D eigenvalue weighted by Gasteiger charge is -2.37. The van der Waals surface area contributed by atoms with E-state index in [0.717, 1.165) is 5.56 Å². The third kappa shape index (κ3) is 3.65. The zero-order valence-electron chi connectivity index (χ0n) is 14.0. The summed E-state index contributed by atoms with van der Waals surface area (Å²) in [7, 11) is 3.66. The molecule has 0 aromatic heterocycles. The van der Waals surface area contributed by atoms with Gasteiger partial charge in [0.2, 0.25) is 0 Å². The summed E-state index contributed by atoms with van der Waals surface area (Å²) in [5.74, 6) is -1.15. The van der Waals surface area contributed by atoms with Crippen molar-refractivity contribution < 1.29 is 19.1 Å². The van der Waals surface area contributed by atoms with Gasteiger partial charge < -0.3 is 14.4 Å².